The second-order valence-electron chi connectivity index (χ2n) is 8.34. The number of nitrogens with one attached hydrogen (secondary N) is 1. The van der Waals surface area contributed by atoms with Gasteiger partial charge in [-0.1, -0.05) is 19.8 Å². The zero-order valence-electron chi connectivity index (χ0n) is 16.7. The average Bonchev–Trinajstić information content (AvgIpc) is 3.03. The highest BCUT2D eigenvalue weighted by Gasteiger charge is 2.38. The van der Waals surface area contributed by atoms with Crippen LogP contribution in [0.5, 0.6) is 0 Å². The highest BCUT2D eigenvalue weighted by Crippen LogP contribution is 2.42. The minimum absolute atomic E-state index is 0.0867. The zero-order valence-corrected chi connectivity index (χ0v) is 17.5. The van der Waals surface area contributed by atoms with Crippen molar-refractivity contribution in [3.8, 4) is 0 Å². The summed E-state index contributed by atoms with van der Waals surface area (Å²) in [5, 5.41) is 3.65. The molecule has 0 spiro atoms. The van der Waals surface area contributed by atoms with Crippen LogP contribution in [0.1, 0.15) is 32.6 Å². The minimum atomic E-state index is -3.56. The van der Waals surface area contributed by atoms with E-state index in [1.54, 1.807) is 23.7 Å². The topological polar surface area (TPSA) is 67.2 Å². The molecule has 1 saturated carbocycles. The number of aromatic nitrogens is 2. The summed E-state index contributed by atoms with van der Waals surface area (Å²) in [5.74, 6) is 1.88. The number of likely N-dealkylation sites (tertiary alicyclic amines) is 1. The van der Waals surface area contributed by atoms with E-state index in [1.807, 2.05) is 12.1 Å². The molecule has 0 bridgehead atoms. The summed E-state index contributed by atoms with van der Waals surface area (Å²) < 4.78 is 26.9. The summed E-state index contributed by atoms with van der Waals surface area (Å²) in [6.07, 6.45) is 8.26. The lowest BCUT2D eigenvalue weighted by molar-refractivity contribution is 0.313. The quantitative estimate of drug-likeness (QED) is 0.735. The maximum atomic E-state index is 12.6. The van der Waals surface area contributed by atoms with E-state index in [0.717, 1.165) is 37.0 Å². The number of sulfone groups is 1. The van der Waals surface area contributed by atoms with Crippen molar-refractivity contribution < 1.29 is 8.42 Å². The minimum Gasteiger partial charge on any atom is -0.381 e. The van der Waals surface area contributed by atoms with Gasteiger partial charge in [0.05, 0.1) is 11.2 Å². The van der Waals surface area contributed by atoms with Gasteiger partial charge in [-0.15, -0.1) is 0 Å². The molecule has 0 radical (unpaired) electrons. The molecule has 2 heterocycles. The van der Waals surface area contributed by atoms with E-state index in [4.69, 9.17) is 0 Å². The van der Waals surface area contributed by atoms with E-state index in [9.17, 15) is 8.42 Å². The number of benzene rings is 1. The van der Waals surface area contributed by atoms with Crippen molar-refractivity contribution in [1.29, 1.82) is 0 Å². The van der Waals surface area contributed by atoms with Crippen LogP contribution in [0.25, 0.3) is 0 Å². The smallest absolute Gasteiger partial charge is 0.225 e. The normalized spacial score (nSPS) is 25.1. The maximum Gasteiger partial charge on any atom is 0.225 e. The summed E-state index contributed by atoms with van der Waals surface area (Å²) in [6, 6.07) is 7.48. The molecule has 4 rings (SSSR count). The van der Waals surface area contributed by atoms with Crippen LogP contribution in [-0.4, -0.2) is 48.5 Å². The molecule has 1 aliphatic heterocycles. The van der Waals surface area contributed by atoms with Gasteiger partial charge >= 0.3 is 0 Å². The van der Waals surface area contributed by atoms with Crippen LogP contribution < -0.4 is 5.32 Å². The van der Waals surface area contributed by atoms with Gasteiger partial charge in [0, 0.05) is 44.6 Å². The molecule has 1 aliphatic carbocycles. The summed E-state index contributed by atoms with van der Waals surface area (Å²) >= 11 is 0. The van der Waals surface area contributed by atoms with Crippen LogP contribution >= 0.6 is 0 Å². The monoisotopic (exact) mass is 402 g/mol. The van der Waals surface area contributed by atoms with Crippen molar-refractivity contribution in [2.24, 2.45) is 18.9 Å². The largest absolute Gasteiger partial charge is 0.381 e. The van der Waals surface area contributed by atoms with Crippen LogP contribution in [0.4, 0.5) is 5.69 Å². The van der Waals surface area contributed by atoms with Gasteiger partial charge in [0.25, 0.3) is 0 Å². The lowest BCUT2D eigenvalue weighted by atomic mass is 10.2. The Hall–Kier alpha value is -1.86. The lowest BCUT2D eigenvalue weighted by Gasteiger charge is -2.17. The molecule has 2 fully saturated rings. The van der Waals surface area contributed by atoms with Crippen LogP contribution in [-0.2, 0) is 16.9 Å². The van der Waals surface area contributed by atoms with Crippen molar-refractivity contribution >= 4 is 15.5 Å². The maximum absolute atomic E-state index is 12.6. The Morgan fingerprint density at radius 3 is 2.68 bits per heavy atom. The van der Waals surface area contributed by atoms with Crippen LogP contribution in [0, 0.1) is 11.8 Å². The Morgan fingerprint density at radius 1 is 1.21 bits per heavy atom. The zero-order chi connectivity index (χ0) is 19.7. The SMILES string of the molecule is CCCC1CC1CN1CCC(Nc2ccc(S(=O)(=O)c3cn(C)cn3)cc2)C1. The summed E-state index contributed by atoms with van der Waals surface area (Å²) in [6.45, 7) is 5.74. The molecule has 3 atom stereocenters. The Labute approximate surface area is 167 Å². The average molecular weight is 403 g/mol. The number of imidazole rings is 1. The molecule has 1 aromatic heterocycles. The Bertz CT molecular complexity index is 907. The van der Waals surface area contributed by atoms with Gasteiger partial charge in [0.2, 0.25) is 9.84 Å². The van der Waals surface area contributed by atoms with Gasteiger partial charge < -0.3 is 14.8 Å². The van der Waals surface area contributed by atoms with Crippen LogP contribution in [0.2, 0.25) is 0 Å². The van der Waals surface area contributed by atoms with Crippen molar-refractivity contribution in [1.82, 2.24) is 14.5 Å². The first-order valence-electron chi connectivity index (χ1n) is 10.3. The first-order chi connectivity index (χ1) is 13.5. The standard InChI is InChI=1S/C21H30N4O2S/c1-3-4-16-11-17(16)12-25-10-9-19(13-25)23-18-5-7-20(8-6-18)28(26,27)21-14-24(2)15-22-21/h5-8,14-17,19,23H,3-4,9-13H2,1-2H3. The fraction of sp³-hybridized carbons (Fsp3) is 0.571. The number of hydrogen-bond acceptors (Lipinski definition) is 5. The second kappa shape index (κ2) is 7.87. The molecule has 1 N–H and O–H groups in total. The molecule has 1 saturated heterocycles. The molecule has 2 aliphatic rings. The van der Waals surface area contributed by atoms with Crippen molar-refractivity contribution in [2.75, 3.05) is 25.0 Å². The number of nitrogens with zero attached hydrogens (tertiary/aromatic N) is 3. The van der Waals surface area contributed by atoms with Gasteiger partial charge in [0.1, 0.15) is 0 Å². The van der Waals surface area contributed by atoms with Gasteiger partial charge in [-0.2, -0.15) is 0 Å². The molecular weight excluding hydrogens is 372 g/mol. The number of rotatable bonds is 8. The second-order valence-corrected chi connectivity index (χ2v) is 10.2. The lowest BCUT2D eigenvalue weighted by Crippen LogP contribution is -2.28. The first kappa shape index (κ1) is 19.5. The predicted octanol–water partition coefficient (Wildman–Crippen LogP) is 3.18. The third-order valence-electron chi connectivity index (χ3n) is 5.99. The third kappa shape index (κ3) is 4.25. The number of hydrogen-bond donors (Lipinski definition) is 1. The predicted molar refractivity (Wildman–Crippen MR) is 110 cm³/mol. The molecule has 6 nitrogen and oxygen atoms in total. The highest BCUT2D eigenvalue weighted by atomic mass is 32.2. The van der Waals surface area contributed by atoms with E-state index in [-0.39, 0.29) is 9.92 Å². The summed E-state index contributed by atoms with van der Waals surface area (Å²) in [7, 11) is -1.79. The molecule has 28 heavy (non-hydrogen) atoms. The number of aryl methyl sites for hydroxylation is 1. The first-order valence-corrected chi connectivity index (χ1v) is 11.8. The molecule has 7 heteroatoms. The van der Waals surface area contributed by atoms with Crippen LogP contribution in [0.15, 0.2) is 46.7 Å². The molecule has 1 aromatic carbocycles. The fourth-order valence-corrected chi connectivity index (χ4v) is 5.55. The molecule has 2 aromatic rings. The van der Waals surface area contributed by atoms with Gasteiger partial charge in [-0.05, 0) is 48.9 Å². The fourth-order valence-electron chi connectivity index (χ4n) is 4.32. The Balaban J connectivity index is 1.32. The van der Waals surface area contributed by atoms with Crippen LogP contribution in [0.3, 0.4) is 0 Å². The molecular formula is C21H30N4O2S. The number of anilines is 1. The third-order valence-corrected chi connectivity index (χ3v) is 7.64. The van der Waals surface area contributed by atoms with E-state index in [2.05, 4.69) is 22.1 Å². The Kier molecular flexibility index (Phi) is 5.47. The highest BCUT2D eigenvalue weighted by molar-refractivity contribution is 7.91. The summed E-state index contributed by atoms with van der Waals surface area (Å²) in [4.78, 5) is 6.84. The molecule has 0 amide bonds. The van der Waals surface area contributed by atoms with E-state index in [0.29, 0.717) is 6.04 Å². The Morgan fingerprint density at radius 2 is 2.00 bits per heavy atom. The van der Waals surface area contributed by atoms with Crippen molar-refractivity contribution in [3.63, 3.8) is 0 Å². The van der Waals surface area contributed by atoms with Gasteiger partial charge in [0.15, 0.2) is 5.03 Å². The van der Waals surface area contributed by atoms with Gasteiger partial charge in [-0.25, -0.2) is 13.4 Å². The summed E-state index contributed by atoms with van der Waals surface area (Å²) in [5.41, 5.74) is 0.974. The van der Waals surface area contributed by atoms with Crippen molar-refractivity contribution in [3.05, 3.63) is 36.8 Å². The molecule has 152 valence electrons. The van der Waals surface area contributed by atoms with E-state index >= 15 is 0 Å². The van der Waals surface area contributed by atoms with E-state index < -0.39 is 9.84 Å². The molecule has 3 unspecified atom stereocenters. The van der Waals surface area contributed by atoms with Crippen molar-refractivity contribution in [2.45, 2.75) is 48.6 Å². The van der Waals surface area contributed by atoms with Gasteiger partial charge in [-0.3, -0.25) is 0 Å². The van der Waals surface area contributed by atoms with E-state index in [1.165, 1.54) is 38.3 Å².